The average Bonchev–Trinajstić information content (AvgIpc) is 2.31. The van der Waals surface area contributed by atoms with E-state index >= 15 is 0 Å². The van der Waals surface area contributed by atoms with Gasteiger partial charge in [0.05, 0.1) is 20.2 Å². The summed E-state index contributed by atoms with van der Waals surface area (Å²) in [5.74, 6) is 0.352. The summed E-state index contributed by atoms with van der Waals surface area (Å²) < 4.78 is 19.0. The maximum Gasteiger partial charge on any atom is 0.151 e. The predicted octanol–water partition coefficient (Wildman–Crippen LogP) is 5.27. The van der Waals surface area contributed by atoms with Gasteiger partial charge in [0.2, 0.25) is 0 Å². The summed E-state index contributed by atoms with van der Waals surface area (Å²) in [6, 6.07) is 7.43. The maximum atomic E-state index is 13.2. The Morgan fingerprint density at radius 1 is 1.11 bits per heavy atom. The van der Waals surface area contributed by atoms with E-state index in [0.717, 1.165) is 0 Å². The smallest absolute Gasteiger partial charge is 0.151 e. The topological polar surface area (TPSA) is 35.2 Å². The molecule has 18 heavy (non-hydrogen) atoms. The number of halogens is 4. The van der Waals surface area contributed by atoms with Crippen molar-refractivity contribution in [2.45, 2.75) is 0 Å². The van der Waals surface area contributed by atoms with Crippen molar-refractivity contribution < 1.29 is 9.13 Å². The molecule has 2 nitrogen and oxygen atoms in total. The van der Waals surface area contributed by atoms with Gasteiger partial charge in [-0.3, -0.25) is 0 Å². The minimum absolute atomic E-state index is 0.196. The van der Waals surface area contributed by atoms with Crippen LogP contribution in [0.2, 0.25) is 10.0 Å². The molecule has 0 atom stereocenters. The van der Waals surface area contributed by atoms with Crippen LogP contribution in [0.15, 0.2) is 34.8 Å². The molecule has 0 spiro atoms. The van der Waals surface area contributed by atoms with E-state index in [4.69, 9.17) is 33.7 Å². The molecule has 0 aliphatic heterocycles. The number of hydrogen-bond donors (Lipinski definition) is 1. The summed E-state index contributed by atoms with van der Waals surface area (Å²) in [6.45, 7) is 0. The zero-order chi connectivity index (χ0) is 13.3. The molecule has 2 aromatic rings. The lowest BCUT2D eigenvalue weighted by atomic mass is 10.3. The molecule has 0 aromatic heterocycles. The summed E-state index contributed by atoms with van der Waals surface area (Å²) in [5, 5.41) is 0.797. The summed E-state index contributed by atoms with van der Waals surface area (Å²) in [4.78, 5) is 0. The predicted molar refractivity (Wildman–Crippen MR) is 75.0 cm³/mol. The number of nitrogen functional groups attached to an aromatic ring is 1. The number of ether oxygens (including phenoxy) is 1. The van der Waals surface area contributed by atoms with Crippen LogP contribution in [0.3, 0.4) is 0 Å². The van der Waals surface area contributed by atoms with E-state index in [1.165, 1.54) is 12.1 Å². The Labute approximate surface area is 122 Å². The normalized spacial score (nSPS) is 10.4. The highest BCUT2D eigenvalue weighted by atomic mass is 79.9. The summed E-state index contributed by atoms with van der Waals surface area (Å²) in [6.07, 6.45) is 0. The summed E-state index contributed by atoms with van der Waals surface area (Å²) in [5.41, 5.74) is 5.86. The standard InChI is InChI=1S/C12H7BrCl2FNO/c13-7-4-12(11(17)5-10(7)16)18-6-1-2-8(14)9(15)3-6/h1-5H,17H2. The first-order valence-corrected chi connectivity index (χ1v) is 6.39. The zero-order valence-electron chi connectivity index (χ0n) is 8.88. The van der Waals surface area contributed by atoms with E-state index in [1.807, 2.05) is 0 Å². The second kappa shape index (κ2) is 5.34. The van der Waals surface area contributed by atoms with Crippen molar-refractivity contribution in [3.8, 4) is 11.5 Å². The Morgan fingerprint density at radius 3 is 2.50 bits per heavy atom. The monoisotopic (exact) mass is 349 g/mol. The molecule has 0 fully saturated rings. The van der Waals surface area contributed by atoms with Crippen LogP contribution in [0.25, 0.3) is 0 Å². The van der Waals surface area contributed by atoms with E-state index in [1.54, 1.807) is 18.2 Å². The fourth-order valence-corrected chi connectivity index (χ4v) is 1.91. The molecule has 0 amide bonds. The Kier molecular flexibility index (Phi) is 4.00. The Hall–Kier alpha value is -0.970. The minimum Gasteiger partial charge on any atom is -0.455 e. The van der Waals surface area contributed by atoms with Crippen molar-refractivity contribution >= 4 is 44.8 Å². The zero-order valence-corrected chi connectivity index (χ0v) is 12.0. The molecule has 2 rings (SSSR count). The van der Waals surface area contributed by atoms with Crippen molar-refractivity contribution in [1.82, 2.24) is 0 Å². The highest BCUT2D eigenvalue weighted by molar-refractivity contribution is 9.10. The molecule has 6 heteroatoms. The lowest BCUT2D eigenvalue weighted by Crippen LogP contribution is -1.94. The number of anilines is 1. The molecule has 2 aromatic carbocycles. The van der Waals surface area contributed by atoms with Crippen LogP contribution in [-0.4, -0.2) is 0 Å². The van der Waals surface area contributed by atoms with Gasteiger partial charge in [0, 0.05) is 18.2 Å². The second-order valence-electron chi connectivity index (χ2n) is 3.48. The van der Waals surface area contributed by atoms with Gasteiger partial charge in [0.25, 0.3) is 0 Å². The van der Waals surface area contributed by atoms with Crippen LogP contribution in [-0.2, 0) is 0 Å². The van der Waals surface area contributed by atoms with Crippen LogP contribution in [0.5, 0.6) is 11.5 Å². The largest absolute Gasteiger partial charge is 0.455 e. The van der Waals surface area contributed by atoms with Gasteiger partial charge >= 0.3 is 0 Å². The Balaban J connectivity index is 2.34. The molecule has 0 unspecified atom stereocenters. The van der Waals surface area contributed by atoms with E-state index in [0.29, 0.717) is 21.5 Å². The van der Waals surface area contributed by atoms with Crippen LogP contribution >= 0.6 is 39.1 Å². The van der Waals surface area contributed by atoms with E-state index in [9.17, 15) is 4.39 Å². The molecular formula is C12H7BrCl2FNO. The first-order valence-electron chi connectivity index (χ1n) is 4.85. The molecule has 0 aliphatic rings. The molecule has 0 saturated heterocycles. The molecule has 0 heterocycles. The summed E-state index contributed by atoms with van der Waals surface area (Å²) in [7, 11) is 0. The maximum absolute atomic E-state index is 13.2. The first kappa shape index (κ1) is 13.5. The molecule has 0 aliphatic carbocycles. The van der Waals surface area contributed by atoms with Crippen LogP contribution < -0.4 is 10.5 Å². The highest BCUT2D eigenvalue weighted by Gasteiger charge is 2.09. The van der Waals surface area contributed by atoms with Gasteiger partial charge in [-0.15, -0.1) is 0 Å². The highest BCUT2D eigenvalue weighted by Crippen LogP contribution is 2.34. The van der Waals surface area contributed by atoms with Gasteiger partial charge in [-0.1, -0.05) is 23.2 Å². The Bertz CT molecular complexity index is 607. The fraction of sp³-hybridized carbons (Fsp3) is 0. The van der Waals surface area contributed by atoms with E-state index in [-0.39, 0.29) is 10.2 Å². The third kappa shape index (κ3) is 2.88. The van der Waals surface area contributed by atoms with Crippen molar-refractivity contribution in [2.75, 3.05) is 5.73 Å². The number of hydrogen-bond acceptors (Lipinski definition) is 2. The lowest BCUT2D eigenvalue weighted by molar-refractivity contribution is 0.482. The van der Waals surface area contributed by atoms with E-state index in [2.05, 4.69) is 15.9 Å². The van der Waals surface area contributed by atoms with Crippen molar-refractivity contribution in [3.63, 3.8) is 0 Å². The fourth-order valence-electron chi connectivity index (χ4n) is 1.30. The third-order valence-corrected chi connectivity index (χ3v) is 3.52. The lowest BCUT2D eigenvalue weighted by Gasteiger charge is -2.10. The molecular weight excluding hydrogens is 344 g/mol. The number of benzene rings is 2. The molecule has 2 N–H and O–H groups in total. The quantitative estimate of drug-likeness (QED) is 0.749. The van der Waals surface area contributed by atoms with Crippen LogP contribution in [0.4, 0.5) is 10.1 Å². The molecule has 94 valence electrons. The van der Waals surface area contributed by atoms with Gasteiger partial charge in [0.15, 0.2) is 5.75 Å². The van der Waals surface area contributed by atoms with Gasteiger partial charge in [-0.25, -0.2) is 4.39 Å². The average molecular weight is 351 g/mol. The molecule has 0 radical (unpaired) electrons. The van der Waals surface area contributed by atoms with Crippen molar-refractivity contribution in [2.24, 2.45) is 0 Å². The number of rotatable bonds is 2. The van der Waals surface area contributed by atoms with Crippen molar-refractivity contribution in [1.29, 1.82) is 0 Å². The minimum atomic E-state index is -0.450. The van der Waals surface area contributed by atoms with Crippen molar-refractivity contribution in [3.05, 3.63) is 50.7 Å². The van der Waals surface area contributed by atoms with E-state index < -0.39 is 5.82 Å². The second-order valence-corrected chi connectivity index (χ2v) is 5.15. The van der Waals surface area contributed by atoms with Crippen LogP contribution in [0, 0.1) is 5.82 Å². The SMILES string of the molecule is Nc1cc(F)c(Br)cc1Oc1ccc(Cl)c(Cl)c1. The van der Waals surface area contributed by atoms with Gasteiger partial charge in [-0.2, -0.15) is 0 Å². The molecule has 0 saturated carbocycles. The van der Waals surface area contributed by atoms with Crippen LogP contribution in [0.1, 0.15) is 0 Å². The van der Waals surface area contributed by atoms with Gasteiger partial charge in [0.1, 0.15) is 11.6 Å². The van der Waals surface area contributed by atoms with Gasteiger partial charge < -0.3 is 10.5 Å². The molecule has 0 bridgehead atoms. The third-order valence-electron chi connectivity index (χ3n) is 2.17. The first-order chi connectivity index (χ1) is 8.47. The number of nitrogens with two attached hydrogens (primary N) is 1. The van der Waals surface area contributed by atoms with Gasteiger partial charge in [-0.05, 0) is 28.1 Å². The Morgan fingerprint density at radius 2 is 1.83 bits per heavy atom. The summed E-state index contributed by atoms with van der Waals surface area (Å²) >= 11 is 14.7.